The van der Waals surface area contributed by atoms with Crippen molar-refractivity contribution in [1.82, 2.24) is 15.3 Å². The van der Waals surface area contributed by atoms with E-state index in [9.17, 15) is 4.79 Å². The Balaban J connectivity index is 1.52. The molecule has 0 aliphatic heterocycles. The molecule has 0 bridgehead atoms. The van der Waals surface area contributed by atoms with Crippen molar-refractivity contribution in [2.45, 2.75) is 18.8 Å². The van der Waals surface area contributed by atoms with Gasteiger partial charge in [-0.05, 0) is 17.5 Å². The maximum absolute atomic E-state index is 12.0. The average molecular weight is 241 g/mol. The van der Waals surface area contributed by atoms with Crippen molar-refractivity contribution < 1.29 is 4.79 Å². The van der Waals surface area contributed by atoms with Crippen LogP contribution in [0.15, 0.2) is 36.8 Å². The van der Waals surface area contributed by atoms with E-state index in [0.717, 1.165) is 18.5 Å². The van der Waals surface area contributed by atoms with Gasteiger partial charge in [0.15, 0.2) is 0 Å². The van der Waals surface area contributed by atoms with Crippen molar-refractivity contribution in [3.05, 3.63) is 53.6 Å². The summed E-state index contributed by atoms with van der Waals surface area (Å²) in [7, 11) is 0. The first kappa shape index (κ1) is 11.0. The molecule has 1 aromatic carbocycles. The van der Waals surface area contributed by atoms with Crippen LogP contribution < -0.4 is 5.32 Å². The quantitative estimate of drug-likeness (QED) is 0.850. The molecule has 0 saturated carbocycles. The van der Waals surface area contributed by atoms with E-state index in [1.165, 1.54) is 11.1 Å². The molecule has 2 aromatic rings. The second-order valence-electron chi connectivity index (χ2n) is 4.57. The number of amides is 1. The average Bonchev–Trinajstić information content (AvgIpc) is 2.84. The highest BCUT2D eigenvalue weighted by Crippen LogP contribution is 2.34. The minimum Gasteiger partial charge on any atom is -0.355 e. The SMILES string of the molecule is O=C(NCCc1cnc[nH]1)C1Cc2ccccc21. The summed E-state index contributed by atoms with van der Waals surface area (Å²) in [5.41, 5.74) is 3.52. The fourth-order valence-electron chi connectivity index (χ4n) is 2.36. The third kappa shape index (κ3) is 2.01. The molecule has 4 nitrogen and oxygen atoms in total. The van der Waals surface area contributed by atoms with E-state index in [1.54, 1.807) is 12.5 Å². The third-order valence-corrected chi connectivity index (χ3v) is 3.42. The van der Waals surface area contributed by atoms with Gasteiger partial charge >= 0.3 is 0 Å². The summed E-state index contributed by atoms with van der Waals surface area (Å²) in [6.45, 7) is 0.652. The van der Waals surface area contributed by atoms with E-state index < -0.39 is 0 Å². The molecular formula is C14H15N3O. The standard InChI is InChI=1S/C14H15N3O/c18-14(16-6-5-11-8-15-9-17-11)13-7-10-3-1-2-4-12(10)13/h1-4,8-9,13H,5-7H2,(H,15,17)(H,16,18). The van der Waals surface area contributed by atoms with Gasteiger partial charge in [-0.25, -0.2) is 4.98 Å². The minimum absolute atomic E-state index is 0.0444. The van der Waals surface area contributed by atoms with Crippen LogP contribution >= 0.6 is 0 Å². The van der Waals surface area contributed by atoms with Crippen molar-refractivity contribution in [2.75, 3.05) is 6.54 Å². The number of carbonyl (C=O) groups is 1. The Morgan fingerprint density at radius 1 is 1.44 bits per heavy atom. The van der Waals surface area contributed by atoms with E-state index in [0.29, 0.717) is 6.54 Å². The first-order valence-corrected chi connectivity index (χ1v) is 6.17. The topological polar surface area (TPSA) is 57.8 Å². The van der Waals surface area contributed by atoms with Gasteiger partial charge in [0.05, 0.1) is 12.2 Å². The number of imidazole rings is 1. The summed E-state index contributed by atoms with van der Waals surface area (Å²) in [4.78, 5) is 18.9. The van der Waals surface area contributed by atoms with Gasteiger partial charge in [0, 0.05) is 24.9 Å². The zero-order valence-electron chi connectivity index (χ0n) is 10.0. The van der Waals surface area contributed by atoms with E-state index in [-0.39, 0.29) is 11.8 Å². The normalized spacial score (nSPS) is 16.8. The van der Waals surface area contributed by atoms with Crippen LogP contribution in [0.2, 0.25) is 0 Å². The Morgan fingerprint density at radius 3 is 3.11 bits per heavy atom. The Labute approximate surface area is 105 Å². The molecule has 2 N–H and O–H groups in total. The molecule has 1 amide bonds. The number of aromatic nitrogens is 2. The summed E-state index contributed by atoms with van der Waals surface area (Å²) in [6, 6.07) is 8.13. The van der Waals surface area contributed by atoms with Gasteiger partial charge in [-0.1, -0.05) is 24.3 Å². The van der Waals surface area contributed by atoms with E-state index in [2.05, 4.69) is 21.4 Å². The van der Waals surface area contributed by atoms with E-state index in [4.69, 9.17) is 0 Å². The molecule has 1 heterocycles. The highest BCUT2D eigenvalue weighted by Gasteiger charge is 2.31. The number of hydrogen-bond acceptors (Lipinski definition) is 2. The van der Waals surface area contributed by atoms with Gasteiger partial charge in [-0.2, -0.15) is 0 Å². The number of carbonyl (C=O) groups excluding carboxylic acids is 1. The number of aromatic amines is 1. The zero-order chi connectivity index (χ0) is 12.4. The Bertz CT molecular complexity index is 548. The molecule has 1 unspecified atom stereocenters. The minimum atomic E-state index is 0.0444. The third-order valence-electron chi connectivity index (χ3n) is 3.42. The molecule has 1 aliphatic rings. The molecule has 1 aliphatic carbocycles. The van der Waals surface area contributed by atoms with E-state index >= 15 is 0 Å². The largest absolute Gasteiger partial charge is 0.355 e. The summed E-state index contributed by atoms with van der Waals surface area (Å²) in [6.07, 6.45) is 5.09. The van der Waals surface area contributed by atoms with Gasteiger partial charge < -0.3 is 10.3 Å². The Hall–Kier alpha value is -2.10. The molecule has 0 saturated heterocycles. The summed E-state index contributed by atoms with van der Waals surface area (Å²) >= 11 is 0. The highest BCUT2D eigenvalue weighted by molar-refractivity contribution is 5.86. The molecule has 4 heteroatoms. The number of fused-ring (bicyclic) bond motifs is 1. The lowest BCUT2D eigenvalue weighted by Gasteiger charge is -2.28. The molecule has 1 atom stereocenters. The number of nitrogens with zero attached hydrogens (tertiary/aromatic N) is 1. The number of rotatable bonds is 4. The van der Waals surface area contributed by atoms with Crippen molar-refractivity contribution in [1.29, 1.82) is 0 Å². The lowest BCUT2D eigenvalue weighted by atomic mass is 9.77. The molecule has 0 radical (unpaired) electrons. The smallest absolute Gasteiger partial charge is 0.227 e. The van der Waals surface area contributed by atoms with Crippen LogP contribution in [0.3, 0.4) is 0 Å². The number of H-pyrrole nitrogens is 1. The summed E-state index contributed by atoms with van der Waals surface area (Å²) in [5.74, 6) is 0.177. The zero-order valence-corrected chi connectivity index (χ0v) is 10.0. The number of benzene rings is 1. The monoisotopic (exact) mass is 241 g/mol. The van der Waals surface area contributed by atoms with Crippen LogP contribution in [-0.2, 0) is 17.6 Å². The van der Waals surface area contributed by atoms with Crippen molar-refractivity contribution in [3.63, 3.8) is 0 Å². The molecule has 18 heavy (non-hydrogen) atoms. The molecule has 92 valence electrons. The Morgan fingerprint density at radius 2 is 2.33 bits per heavy atom. The maximum Gasteiger partial charge on any atom is 0.227 e. The molecule has 1 aromatic heterocycles. The van der Waals surface area contributed by atoms with Crippen LogP contribution in [-0.4, -0.2) is 22.4 Å². The molecule has 0 fully saturated rings. The predicted molar refractivity (Wildman–Crippen MR) is 68.2 cm³/mol. The second kappa shape index (κ2) is 4.64. The number of nitrogens with one attached hydrogen (secondary N) is 2. The van der Waals surface area contributed by atoms with Gasteiger partial charge in [0.2, 0.25) is 5.91 Å². The van der Waals surface area contributed by atoms with Gasteiger partial charge in [-0.3, -0.25) is 4.79 Å². The van der Waals surface area contributed by atoms with Crippen LogP contribution in [0.5, 0.6) is 0 Å². The first-order valence-electron chi connectivity index (χ1n) is 6.17. The highest BCUT2D eigenvalue weighted by atomic mass is 16.1. The Kier molecular flexibility index (Phi) is 2.84. The lowest BCUT2D eigenvalue weighted by molar-refractivity contribution is -0.123. The fourth-order valence-corrected chi connectivity index (χ4v) is 2.36. The predicted octanol–water partition coefficient (Wildman–Crippen LogP) is 1.41. The van der Waals surface area contributed by atoms with Crippen LogP contribution in [0, 0.1) is 0 Å². The summed E-state index contributed by atoms with van der Waals surface area (Å²) < 4.78 is 0. The first-order chi connectivity index (χ1) is 8.84. The molecular weight excluding hydrogens is 226 g/mol. The van der Waals surface area contributed by atoms with Gasteiger partial charge in [0.25, 0.3) is 0 Å². The lowest BCUT2D eigenvalue weighted by Crippen LogP contribution is -2.36. The fraction of sp³-hybridized carbons (Fsp3) is 0.286. The van der Waals surface area contributed by atoms with Crippen molar-refractivity contribution in [3.8, 4) is 0 Å². The van der Waals surface area contributed by atoms with Crippen molar-refractivity contribution >= 4 is 5.91 Å². The number of hydrogen-bond donors (Lipinski definition) is 2. The van der Waals surface area contributed by atoms with Crippen LogP contribution in [0.25, 0.3) is 0 Å². The van der Waals surface area contributed by atoms with Crippen LogP contribution in [0.1, 0.15) is 22.7 Å². The van der Waals surface area contributed by atoms with Gasteiger partial charge in [0.1, 0.15) is 0 Å². The van der Waals surface area contributed by atoms with Gasteiger partial charge in [-0.15, -0.1) is 0 Å². The summed E-state index contributed by atoms with van der Waals surface area (Å²) in [5, 5.41) is 2.98. The molecule has 3 rings (SSSR count). The maximum atomic E-state index is 12.0. The molecule has 0 spiro atoms. The van der Waals surface area contributed by atoms with Crippen molar-refractivity contribution in [2.24, 2.45) is 0 Å². The van der Waals surface area contributed by atoms with Crippen LogP contribution in [0.4, 0.5) is 0 Å². The second-order valence-corrected chi connectivity index (χ2v) is 4.57. The van der Waals surface area contributed by atoms with E-state index in [1.807, 2.05) is 18.2 Å².